The summed E-state index contributed by atoms with van der Waals surface area (Å²) in [6.45, 7) is 4.11. The van der Waals surface area contributed by atoms with Crippen LogP contribution < -0.4 is 9.44 Å². The monoisotopic (exact) mass is 380 g/mol. The Balaban J connectivity index is 3.22. The van der Waals surface area contributed by atoms with Crippen LogP contribution in [0.4, 0.5) is 0 Å². The molecule has 4 N–H and O–H groups in total. The summed E-state index contributed by atoms with van der Waals surface area (Å²) in [5, 5.41) is 19.5. The van der Waals surface area contributed by atoms with Gasteiger partial charge < -0.3 is 10.2 Å². The first-order valence-electron chi connectivity index (χ1n) is 7.71. The van der Waals surface area contributed by atoms with E-state index in [9.17, 15) is 27.0 Å². The molecule has 0 saturated carbocycles. The summed E-state index contributed by atoms with van der Waals surface area (Å²) in [6, 6.07) is 1.65. The van der Waals surface area contributed by atoms with Gasteiger partial charge in [0.05, 0.1) is 4.90 Å². The summed E-state index contributed by atoms with van der Waals surface area (Å²) >= 11 is 0. The zero-order chi connectivity index (χ0) is 18.4. The van der Waals surface area contributed by atoms with Gasteiger partial charge in [0.1, 0.15) is 4.90 Å². The standard InChI is InChI=1S/C14H24N2O6S2/c1-3-5-7-15-23(19,20)11-9-12(17)14(18)13(10-11)24(21,22)16-8-6-4-2/h9-10,15-18H,3-8H2,1-2H3. The van der Waals surface area contributed by atoms with Gasteiger partial charge >= 0.3 is 0 Å². The van der Waals surface area contributed by atoms with E-state index in [-0.39, 0.29) is 13.1 Å². The predicted molar refractivity (Wildman–Crippen MR) is 90.0 cm³/mol. The molecule has 0 aliphatic heterocycles. The van der Waals surface area contributed by atoms with Gasteiger partial charge in [-0.15, -0.1) is 0 Å². The van der Waals surface area contributed by atoms with Crippen LogP contribution in [0.2, 0.25) is 0 Å². The van der Waals surface area contributed by atoms with Crippen molar-refractivity contribution in [3.8, 4) is 11.5 Å². The van der Waals surface area contributed by atoms with Crippen LogP contribution in [0.15, 0.2) is 21.9 Å². The highest BCUT2D eigenvalue weighted by Crippen LogP contribution is 2.35. The Morgan fingerprint density at radius 3 is 1.88 bits per heavy atom. The van der Waals surface area contributed by atoms with Crippen molar-refractivity contribution in [2.24, 2.45) is 0 Å². The van der Waals surface area contributed by atoms with E-state index in [1.807, 2.05) is 13.8 Å². The van der Waals surface area contributed by atoms with E-state index in [0.717, 1.165) is 25.0 Å². The maximum absolute atomic E-state index is 12.2. The van der Waals surface area contributed by atoms with Crippen LogP contribution in [-0.2, 0) is 20.0 Å². The van der Waals surface area contributed by atoms with E-state index in [1.165, 1.54) is 0 Å². The van der Waals surface area contributed by atoms with Gasteiger partial charge in [0, 0.05) is 19.2 Å². The van der Waals surface area contributed by atoms with Crippen molar-refractivity contribution in [2.75, 3.05) is 13.1 Å². The number of benzene rings is 1. The Morgan fingerprint density at radius 1 is 0.875 bits per heavy atom. The van der Waals surface area contributed by atoms with Gasteiger partial charge in [0.2, 0.25) is 20.0 Å². The number of sulfonamides is 2. The molecule has 1 rings (SSSR count). The molecule has 10 heteroatoms. The Kier molecular flexibility index (Phi) is 7.46. The summed E-state index contributed by atoms with van der Waals surface area (Å²) in [6.07, 6.45) is 2.75. The van der Waals surface area contributed by atoms with Gasteiger partial charge in [-0.3, -0.25) is 0 Å². The molecule has 0 aromatic heterocycles. The number of hydrogen-bond donors (Lipinski definition) is 4. The molecule has 0 fully saturated rings. The smallest absolute Gasteiger partial charge is 0.244 e. The molecule has 0 heterocycles. The van der Waals surface area contributed by atoms with Crippen molar-refractivity contribution in [1.29, 1.82) is 0 Å². The lowest BCUT2D eigenvalue weighted by Crippen LogP contribution is -2.27. The first-order chi connectivity index (χ1) is 11.2. The minimum Gasteiger partial charge on any atom is -0.504 e. The van der Waals surface area contributed by atoms with Crippen molar-refractivity contribution in [3.63, 3.8) is 0 Å². The fourth-order valence-electron chi connectivity index (χ4n) is 1.86. The molecule has 8 nitrogen and oxygen atoms in total. The van der Waals surface area contributed by atoms with E-state index < -0.39 is 41.3 Å². The third-order valence-electron chi connectivity index (χ3n) is 3.27. The van der Waals surface area contributed by atoms with Gasteiger partial charge in [-0.05, 0) is 18.9 Å². The minimum absolute atomic E-state index is 0.144. The van der Waals surface area contributed by atoms with Crippen molar-refractivity contribution < 1.29 is 27.0 Å². The third-order valence-corrected chi connectivity index (χ3v) is 6.19. The number of rotatable bonds is 10. The van der Waals surface area contributed by atoms with Crippen LogP contribution in [0, 0.1) is 0 Å². The third kappa shape index (κ3) is 5.33. The largest absolute Gasteiger partial charge is 0.504 e. The van der Waals surface area contributed by atoms with Crippen molar-refractivity contribution in [1.82, 2.24) is 9.44 Å². The molecule has 0 aliphatic carbocycles. The lowest BCUT2D eigenvalue weighted by molar-refractivity contribution is 0.391. The van der Waals surface area contributed by atoms with E-state index in [4.69, 9.17) is 0 Å². The zero-order valence-corrected chi connectivity index (χ0v) is 15.4. The van der Waals surface area contributed by atoms with Gasteiger partial charge in [-0.1, -0.05) is 26.7 Å². The fraction of sp³-hybridized carbons (Fsp3) is 0.571. The van der Waals surface area contributed by atoms with E-state index in [2.05, 4.69) is 9.44 Å². The topological polar surface area (TPSA) is 133 Å². The fourth-order valence-corrected chi connectivity index (χ4v) is 4.26. The predicted octanol–water partition coefficient (Wildman–Crippen LogP) is 1.25. The molecule has 24 heavy (non-hydrogen) atoms. The summed E-state index contributed by atoms with van der Waals surface area (Å²) in [5.41, 5.74) is 0. The van der Waals surface area contributed by atoms with E-state index >= 15 is 0 Å². The highest BCUT2D eigenvalue weighted by Gasteiger charge is 2.25. The lowest BCUT2D eigenvalue weighted by atomic mass is 10.3. The highest BCUT2D eigenvalue weighted by molar-refractivity contribution is 7.90. The van der Waals surface area contributed by atoms with Gasteiger partial charge in [-0.25, -0.2) is 26.3 Å². The SMILES string of the molecule is CCCCNS(=O)(=O)c1cc(O)c(O)c(S(=O)(=O)NCCCC)c1. The second kappa shape index (κ2) is 8.65. The van der Waals surface area contributed by atoms with E-state index in [0.29, 0.717) is 12.8 Å². The zero-order valence-electron chi connectivity index (χ0n) is 13.7. The second-order valence-corrected chi connectivity index (χ2v) is 8.79. The van der Waals surface area contributed by atoms with Crippen LogP contribution >= 0.6 is 0 Å². The molecular weight excluding hydrogens is 356 g/mol. The number of aromatic hydroxyl groups is 2. The van der Waals surface area contributed by atoms with E-state index in [1.54, 1.807) is 0 Å². The summed E-state index contributed by atoms with van der Waals surface area (Å²) in [4.78, 5) is -1.10. The quantitative estimate of drug-likeness (QED) is 0.357. The molecule has 0 amide bonds. The van der Waals surface area contributed by atoms with Crippen LogP contribution in [0.1, 0.15) is 39.5 Å². The molecule has 1 aromatic carbocycles. The van der Waals surface area contributed by atoms with Gasteiger partial charge in [0.15, 0.2) is 11.5 Å². The van der Waals surface area contributed by atoms with Crippen LogP contribution in [0.25, 0.3) is 0 Å². The normalized spacial score (nSPS) is 12.4. The van der Waals surface area contributed by atoms with Crippen LogP contribution in [-0.4, -0.2) is 40.1 Å². The van der Waals surface area contributed by atoms with Gasteiger partial charge in [0.25, 0.3) is 0 Å². The summed E-state index contributed by atoms with van der Waals surface area (Å²) in [7, 11) is -8.14. The molecule has 0 unspecified atom stereocenters. The lowest BCUT2D eigenvalue weighted by Gasteiger charge is -2.12. The average Bonchev–Trinajstić information content (AvgIpc) is 2.49. The Hall–Kier alpha value is -1.36. The number of phenols is 2. The Morgan fingerprint density at radius 2 is 1.38 bits per heavy atom. The number of nitrogens with one attached hydrogen (secondary N) is 2. The number of hydrogen-bond acceptors (Lipinski definition) is 6. The average molecular weight is 380 g/mol. The molecule has 0 saturated heterocycles. The molecule has 1 aromatic rings. The maximum Gasteiger partial charge on any atom is 0.244 e. The molecule has 0 aliphatic rings. The highest BCUT2D eigenvalue weighted by atomic mass is 32.2. The summed E-state index contributed by atoms with van der Waals surface area (Å²) < 4.78 is 53.4. The van der Waals surface area contributed by atoms with Gasteiger partial charge in [-0.2, -0.15) is 0 Å². The number of unbranched alkanes of at least 4 members (excludes halogenated alkanes) is 2. The first kappa shape index (κ1) is 20.7. The minimum atomic E-state index is -4.15. The molecule has 138 valence electrons. The molecule has 0 bridgehead atoms. The summed E-state index contributed by atoms with van der Waals surface area (Å²) in [5.74, 6) is -1.70. The molecule has 0 atom stereocenters. The first-order valence-corrected chi connectivity index (χ1v) is 10.7. The van der Waals surface area contributed by atoms with Crippen molar-refractivity contribution in [2.45, 2.75) is 49.3 Å². The second-order valence-electron chi connectivity index (χ2n) is 5.29. The molecule has 0 radical (unpaired) electrons. The van der Waals surface area contributed by atoms with Crippen molar-refractivity contribution >= 4 is 20.0 Å². The molecular formula is C14H24N2O6S2. The number of phenolic OH excluding ortho intramolecular Hbond substituents is 2. The Labute approximate surface area is 143 Å². The van der Waals surface area contributed by atoms with Crippen LogP contribution in [0.3, 0.4) is 0 Å². The molecule has 0 spiro atoms. The van der Waals surface area contributed by atoms with Crippen molar-refractivity contribution in [3.05, 3.63) is 12.1 Å². The Bertz CT molecular complexity index is 760. The maximum atomic E-state index is 12.2. The van der Waals surface area contributed by atoms with Crippen LogP contribution in [0.5, 0.6) is 11.5 Å².